The summed E-state index contributed by atoms with van der Waals surface area (Å²) in [6.07, 6.45) is 2.06. The fourth-order valence-electron chi connectivity index (χ4n) is 2.44. The molecule has 2 N–H and O–H groups in total. The van der Waals surface area contributed by atoms with Crippen molar-refractivity contribution in [3.05, 3.63) is 51.7 Å². The Kier molecular flexibility index (Phi) is 3.86. The fraction of sp³-hybridized carbons (Fsp3) is 0.118. The summed E-state index contributed by atoms with van der Waals surface area (Å²) in [5, 5.41) is 22.1. The molecular formula is C17H14N4S. The van der Waals surface area contributed by atoms with Crippen molar-refractivity contribution in [2.45, 2.75) is 13.3 Å². The van der Waals surface area contributed by atoms with E-state index in [9.17, 15) is 0 Å². The van der Waals surface area contributed by atoms with Gasteiger partial charge < -0.3 is 10.7 Å². The van der Waals surface area contributed by atoms with E-state index in [0.717, 1.165) is 33.0 Å². The van der Waals surface area contributed by atoms with E-state index in [0.29, 0.717) is 12.1 Å². The smallest absolute Gasteiger partial charge is 0.0931 e. The van der Waals surface area contributed by atoms with Crippen LogP contribution in [-0.4, -0.2) is 12.1 Å². The molecule has 0 aliphatic carbocycles. The Bertz CT molecular complexity index is 819. The van der Waals surface area contributed by atoms with E-state index in [1.165, 1.54) is 0 Å². The first-order chi connectivity index (χ1) is 10.7. The fourth-order valence-corrected chi connectivity index (χ4v) is 3.29. The summed E-state index contributed by atoms with van der Waals surface area (Å²) in [6, 6.07) is 11.9. The van der Waals surface area contributed by atoms with Crippen molar-refractivity contribution in [2.75, 3.05) is 0 Å². The third-order valence-electron chi connectivity index (χ3n) is 3.43. The molecule has 1 aromatic carbocycles. The summed E-state index contributed by atoms with van der Waals surface area (Å²) < 4.78 is 0. The van der Waals surface area contributed by atoms with Crippen LogP contribution in [0.4, 0.5) is 5.69 Å². The number of allylic oxidation sites excluding steroid dienone is 1. The number of nitrogens with one attached hydrogen (secondary N) is 2. The van der Waals surface area contributed by atoms with Gasteiger partial charge in [0.05, 0.1) is 35.1 Å². The van der Waals surface area contributed by atoms with Crippen LogP contribution < -0.4 is 5.32 Å². The van der Waals surface area contributed by atoms with Gasteiger partial charge in [0.15, 0.2) is 0 Å². The Morgan fingerprint density at radius 3 is 2.77 bits per heavy atom. The Morgan fingerprint density at radius 1 is 1.32 bits per heavy atom. The molecule has 1 aliphatic heterocycles. The van der Waals surface area contributed by atoms with Gasteiger partial charge in [0.25, 0.3) is 0 Å². The van der Waals surface area contributed by atoms with E-state index < -0.39 is 0 Å². The second kappa shape index (κ2) is 5.96. The number of rotatable bonds is 3. The standard InChI is InChI=1S/C17H14N4S/c1-11(19)15(13-4-2-12(3-5-13)6-8-18)16-17-14(7-9-22-17)20-10-21-16/h2-5,7,9-10,19H,6H2,1H3,(H,20,21)/b16-15+,19-11?. The number of hydrogen-bond acceptors (Lipinski definition) is 5. The maximum Gasteiger partial charge on any atom is 0.0931 e. The quantitative estimate of drug-likeness (QED) is 0.842. The van der Waals surface area contributed by atoms with Crippen molar-refractivity contribution in [3.63, 3.8) is 0 Å². The van der Waals surface area contributed by atoms with Gasteiger partial charge in [-0.15, -0.1) is 11.3 Å². The minimum absolute atomic E-state index is 0.399. The van der Waals surface area contributed by atoms with E-state index in [1.54, 1.807) is 24.6 Å². The lowest BCUT2D eigenvalue weighted by atomic mass is 9.97. The molecule has 4 nitrogen and oxygen atoms in total. The zero-order chi connectivity index (χ0) is 15.5. The maximum atomic E-state index is 8.76. The van der Waals surface area contributed by atoms with Crippen LogP contribution in [0.1, 0.15) is 22.9 Å². The number of hydrogen-bond donors (Lipinski definition) is 2. The van der Waals surface area contributed by atoms with Gasteiger partial charge in [-0.05, 0) is 29.5 Å². The Labute approximate surface area is 133 Å². The molecule has 2 aromatic rings. The van der Waals surface area contributed by atoms with Crippen LogP contribution in [0.2, 0.25) is 0 Å². The summed E-state index contributed by atoms with van der Waals surface area (Å²) in [7, 11) is 0. The van der Waals surface area contributed by atoms with Crippen LogP contribution >= 0.6 is 11.3 Å². The zero-order valence-electron chi connectivity index (χ0n) is 12.1. The lowest BCUT2D eigenvalue weighted by Crippen LogP contribution is -2.16. The zero-order valence-corrected chi connectivity index (χ0v) is 12.9. The highest BCUT2D eigenvalue weighted by Crippen LogP contribution is 2.37. The summed E-state index contributed by atoms with van der Waals surface area (Å²) in [6.45, 7) is 1.78. The summed E-state index contributed by atoms with van der Waals surface area (Å²) in [4.78, 5) is 5.36. The van der Waals surface area contributed by atoms with Gasteiger partial charge in [0, 0.05) is 11.3 Å². The van der Waals surface area contributed by atoms with Crippen LogP contribution in [0, 0.1) is 16.7 Å². The molecule has 5 heteroatoms. The third kappa shape index (κ3) is 2.57. The molecule has 0 radical (unpaired) electrons. The molecule has 0 saturated carbocycles. The van der Waals surface area contributed by atoms with Gasteiger partial charge in [-0.25, -0.2) is 4.99 Å². The molecule has 3 rings (SSSR count). The first-order valence-corrected chi connectivity index (χ1v) is 7.71. The van der Waals surface area contributed by atoms with Crippen LogP contribution in [0.15, 0.2) is 40.7 Å². The maximum absolute atomic E-state index is 8.76. The topological polar surface area (TPSA) is 72.0 Å². The average molecular weight is 306 g/mol. The first-order valence-electron chi connectivity index (χ1n) is 6.83. The largest absolute Gasteiger partial charge is 0.345 e. The van der Waals surface area contributed by atoms with Crippen molar-refractivity contribution < 1.29 is 0 Å². The molecule has 0 bridgehead atoms. The number of thiophene rings is 1. The predicted molar refractivity (Wildman–Crippen MR) is 91.6 cm³/mol. The molecule has 0 fully saturated rings. The van der Waals surface area contributed by atoms with Crippen molar-refractivity contribution in [1.82, 2.24) is 5.32 Å². The highest BCUT2D eigenvalue weighted by Gasteiger charge is 2.19. The molecular weight excluding hydrogens is 292 g/mol. The van der Waals surface area contributed by atoms with Gasteiger partial charge in [0.2, 0.25) is 0 Å². The average Bonchev–Trinajstić information content (AvgIpc) is 2.98. The third-order valence-corrected chi connectivity index (χ3v) is 4.36. The van der Waals surface area contributed by atoms with Crippen LogP contribution in [-0.2, 0) is 6.42 Å². The molecule has 0 saturated heterocycles. The number of nitrogens with zero attached hydrogens (tertiary/aromatic N) is 2. The molecule has 2 heterocycles. The molecule has 1 aromatic heterocycles. The van der Waals surface area contributed by atoms with E-state index in [-0.39, 0.29) is 0 Å². The van der Waals surface area contributed by atoms with Gasteiger partial charge >= 0.3 is 0 Å². The molecule has 1 aliphatic rings. The molecule has 108 valence electrons. The van der Waals surface area contributed by atoms with Gasteiger partial charge in [-0.3, -0.25) is 0 Å². The number of benzene rings is 1. The summed E-state index contributed by atoms with van der Waals surface area (Å²) >= 11 is 1.61. The second-order valence-corrected chi connectivity index (χ2v) is 5.86. The predicted octanol–water partition coefficient (Wildman–Crippen LogP) is 3.99. The normalized spacial score (nSPS) is 14.7. The highest BCUT2D eigenvalue weighted by molar-refractivity contribution is 7.11. The lowest BCUT2D eigenvalue weighted by molar-refractivity contribution is 1.26. The van der Waals surface area contributed by atoms with E-state index in [1.807, 2.05) is 35.7 Å². The molecule has 0 atom stereocenters. The molecule has 0 spiro atoms. The Morgan fingerprint density at radius 2 is 2.09 bits per heavy atom. The van der Waals surface area contributed by atoms with Gasteiger partial charge in [0.1, 0.15) is 0 Å². The van der Waals surface area contributed by atoms with Crippen LogP contribution in [0.5, 0.6) is 0 Å². The van der Waals surface area contributed by atoms with Crippen LogP contribution in [0.25, 0.3) is 11.3 Å². The minimum atomic E-state index is 0.399. The second-order valence-electron chi connectivity index (χ2n) is 4.94. The van der Waals surface area contributed by atoms with E-state index >= 15 is 0 Å². The minimum Gasteiger partial charge on any atom is -0.345 e. The van der Waals surface area contributed by atoms with E-state index in [2.05, 4.69) is 16.4 Å². The Balaban J connectivity index is 2.12. The van der Waals surface area contributed by atoms with Crippen molar-refractivity contribution >= 4 is 40.3 Å². The lowest BCUT2D eigenvalue weighted by Gasteiger charge is -2.17. The molecule has 22 heavy (non-hydrogen) atoms. The van der Waals surface area contributed by atoms with Gasteiger partial charge in [-0.1, -0.05) is 24.3 Å². The van der Waals surface area contributed by atoms with Crippen molar-refractivity contribution in [3.8, 4) is 6.07 Å². The Hall–Kier alpha value is -2.71. The van der Waals surface area contributed by atoms with E-state index in [4.69, 9.17) is 10.7 Å². The number of nitriles is 1. The monoisotopic (exact) mass is 306 g/mol. The number of aliphatic imine (C=N–C) groups is 1. The summed E-state index contributed by atoms with van der Waals surface area (Å²) in [5.41, 5.74) is 5.14. The van der Waals surface area contributed by atoms with Gasteiger partial charge in [-0.2, -0.15) is 5.26 Å². The SMILES string of the molecule is CC(=N)/C(=C1\NC=Nc2ccsc21)c1ccc(CC#N)cc1. The van der Waals surface area contributed by atoms with Crippen LogP contribution in [0.3, 0.4) is 0 Å². The van der Waals surface area contributed by atoms with Crippen molar-refractivity contribution in [1.29, 1.82) is 10.7 Å². The highest BCUT2D eigenvalue weighted by atomic mass is 32.1. The molecule has 0 unspecified atom stereocenters. The summed E-state index contributed by atoms with van der Waals surface area (Å²) in [5.74, 6) is 0. The molecule has 0 amide bonds. The van der Waals surface area contributed by atoms with Crippen molar-refractivity contribution in [2.24, 2.45) is 4.99 Å². The first kappa shape index (κ1) is 14.2. The number of fused-ring (bicyclic) bond motifs is 1.